The van der Waals surface area contributed by atoms with E-state index in [1.807, 2.05) is 47.4 Å². The number of nitrogens with zero attached hydrogens (tertiary/aromatic N) is 2. The zero-order valence-corrected chi connectivity index (χ0v) is 25.0. The Kier molecular flexibility index (Phi) is 8.92. The van der Waals surface area contributed by atoms with Gasteiger partial charge in [0.1, 0.15) is 5.82 Å². The number of halogens is 1. The van der Waals surface area contributed by atoms with E-state index < -0.39 is 11.4 Å². The molecule has 2 fully saturated rings. The van der Waals surface area contributed by atoms with Crippen molar-refractivity contribution in [2.45, 2.75) is 36.5 Å². The number of amides is 1. The minimum Gasteiger partial charge on any atom is -0.493 e. The molecule has 1 amide bonds. The van der Waals surface area contributed by atoms with Crippen LogP contribution in [0.5, 0.6) is 17.2 Å². The van der Waals surface area contributed by atoms with Crippen LogP contribution in [0.15, 0.2) is 66.7 Å². The van der Waals surface area contributed by atoms with Crippen LogP contribution in [0.3, 0.4) is 0 Å². The zero-order chi connectivity index (χ0) is 30.6. The van der Waals surface area contributed by atoms with Crippen molar-refractivity contribution in [3.63, 3.8) is 0 Å². The Balaban J connectivity index is 1.34. The summed E-state index contributed by atoms with van der Waals surface area (Å²) >= 11 is 0. The van der Waals surface area contributed by atoms with E-state index >= 15 is 0 Å². The van der Waals surface area contributed by atoms with Crippen LogP contribution in [0.25, 0.3) is 0 Å². The molecule has 3 aromatic rings. The molecule has 0 aliphatic carbocycles. The number of hydrogen-bond acceptors (Lipinski definition) is 6. The van der Waals surface area contributed by atoms with Crippen molar-refractivity contribution in [2.24, 2.45) is 0 Å². The van der Waals surface area contributed by atoms with Crippen molar-refractivity contribution in [3.05, 3.63) is 89.2 Å². The van der Waals surface area contributed by atoms with Gasteiger partial charge in [0, 0.05) is 24.1 Å². The number of benzene rings is 3. The van der Waals surface area contributed by atoms with Gasteiger partial charge in [-0.05, 0) is 80.7 Å². The SMILES string of the molecule is COc1cc(C(=O)N2CCC(CCN3CCC(C(=O)O)(c4ccccc4)CC3)(c3ccc(F)cc3)C2)cc(OC)c1OC. The molecule has 0 aromatic heterocycles. The molecule has 2 aliphatic rings. The molecule has 8 nitrogen and oxygen atoms in total. The van der Waals surface area contributed by atoms with Gasteiger partial charge in [0.2, 0.25) is 5.75 Å². The number of carboxylic acids is 1. The second kappa shape index (κ2) is 12.6. The molecule has 5 rings (SSSR count). The maximum atomic E-state index is 13.9. The number of carbonyl (C=O) groups excluding carboxylic acids is 1. The van der Waals surface area contributed by atoms with Gasteiger partial charge >= 0.3 is 5.97 Å². The predicted octanol–water partition coefficient (Wildman–Crippen LogP) is 5.14. The first-order valence-electron chi connectivity index (χ1n) is 14.6. The Hall–Kier alpha value is -4.11. The summed E-state index contributed by atoms with van der Waals surface area (Å²) in [6.45, 7) is 3.09. The second-order valence-electron chi connectivity index (χ2n) is 11.5. The maximum absolute atomic E-state index is 13.9. The van der Waals surface area contributed by atoms with Crippen LogP contribution in [-0.4, -0.2) is 80.8 Å². The summed E-state index contributed by atoms with van der Waals surface area (Å²) in [5, 5.41) is 10.2. The van der Waals surface area contributed by atoms with E-state index in [1.54, 1.807) is 12.1 Å². The maximum Gasteiger partial charge on any atom is 0.314 e. The molecule has 2 saturated heterocycles. The highest BCUT2D eigenvalue weighted by Crippen LogP contribution is 2.42. The zero-order valence-electron chi connectivity index (χ0n) is 25.0. The average molecular weight is 591 g/mol. The van der Waals surface area contributed by atoms with Crippen molar-refractivity contribution in [1.29, 1.82) is 0 Å². The Labute approximate surface area is 252 Å². The first kappa shape index (κ1) is 30.4. The standard InChI is InChI=1S/C34H39FN2O6/c1-41-28-21-24(22-29(42-2)30(28)43-3)31(38)37-20-14-33(23-37,25-9-11-27(35)12-10-25)13-17-36-18-15-34(16-19-36,32(39)40)26-7-5-4-6-8-26/h4-12,21-22H,13-20,23H2,1-3H3,(H,39,40). The molecule has 0 bridgehead atoms. The van der Waals surface area contributed by atoms with E-state index in [0.29, 0.717) is 61.8 Å². The quantitative estimate of drug-likeness (QED) is 0.350. The molecule has 0 saturated carbocycles. The Morgan fingerprint density at radius 2 is 1.47 bits per heavy atom. The lowest BCUT2D eigenvalue weighted by molar-refractivity contribution is -0.146. The van der Waals surface area contributed by atoms with Gasteiger partial charge in [-0.25, -0.2) is 4.39 Å². The van der Waals surface area contributed by atoms with Crippen molar-refractivity contribution in [2.75, 3.05) is 54.1 Å². The smallest absolute Gasteiger partial charge is 0.314 e. The molecule has 2 heterocycles. The van der Waals surface area contributed by atoms with Gasteiger partial charge in [-0.1, -0.05) is 42.5 Å². The van der Waals surface area contributed by atoms with E-state index in [0.717, 1.165) is 30.5 Å². The predicted molar refractivity (Wildman–Crippen MR) is 161 cm³/mol. The minimum absolute atomic E-state index is 0.143. The van der Waals surface area contributed by atoms with Crippen LogP contribution in [0.2, 0.25) is 0 Å². The van der Waals surface area contributed by atoms with Crippen LogP contribution in [0, 0.1) is 5.82 Å². The summed E-state index contributed by atoms with van der Waals surface area (Å²) in [4.78, 5) is 30.4. The number of piperidine rings is 1. The number of ether oxygens (including phenoxy) is 3. The molecule has 0 radical (unpaired) electrons. The molecular formula is C34H39FN2O6. The van der Waals surface area contributed by atoms with Crippen molar-refractivity contribution < 1.29 is 33.3 Å². The molecule has 1 N–H and O–H groups in total. The average Bonchev–Trinajstić information content (AvgIpc) is 3.49. The van der Waals surface area contributed by atoms with E-state index in [2.05, 4.69) is 4.90 Å². The largest absolute Gasteiger partial charge is 0.493 e. The van der Waals surface area contributed by atoms with E-state index in [4.69, 9.17) is 14.2 Å². The molecular weight excluding hydrogens is 551 g/mol. The van der Waals surface area contributed by atoms with Crippen LogP contribution in [0.4, 0.5) is 4.39 Å². The fourth-order valence-corrected chi connectivity index (χ4v) is 6.73. The lowest BCUT2D eigenvalue weighted by atomic mass is 9.72. The van der Waals surface area contributed by atoms with E-state index in [-0.39, 0.29) is 17.1 Å². The summed E-state index contributed by atoms with van der Waals surface area (Å²) in [6.07, 6.45) is 2.54. The second-order valence-corrected chi connectivity index (χ2v) is 11.5. The van der Waals surface area contributed by atoms with Crippen molar-refractivity contribution >= 4 is 11.9 Å². The fourth-order valence-electron chi connectivity index (χ4n) is 6.73. The Morgan fingerprint density at radius 3 is 2.02 bits per heavy atom. The van der Waals surface area contributed by atoms with Gasteiger partial charge in [-0.2, -0.15) is 0 Å². The third kappa shape index (κ3) is 5.91. The third-order valence-electron chi connectivity index (χ3n) is 9.36. The number of rotatable bonds is 10. The molecule has 1 unspecified atom stereocenters. The minimum atomic E-state index is -0.885. The highest BCUT2D eigenvalue weighted by molar-refractivity contribution is 5.96. The fraction of sp³-hybridized carbons (Fsp3) is 0.412. The van der Waals surface area contributed by atoms with Gasteiger partial charge in [0.15, 0.2) is 11.5 Å². The van der Waals surface area contributed by atoms with Crippen LogP contribution >= 0.6 is 0 Å². The summed E-state index contributed by atoms with van der Waals surface area (Å²) in [5.41, 5.74) is 1.03. The molecule has 0 spiro atoms. The summed E-state index contributed by atoms with van der Waals surface area (Å²) in [6, 6.07) is 19.4. The number of carboxylic acid groups (broad SMARTS) is 1. The highest BCUT2D eigenvalue weighted by atomic mass is 19.1. The number of likely N-dealkylation sites (tertiary alicyclic amines) is 2. The van der Waals surface area contributed by atoms with Gasteiger partial charge in [-0.15, -0.1) is 0 Å². The van der Waals surface area contributed by atoms with E-state index in [9.17, 15) is 19.1 Å². The summed E-state index contributed by atoms with van der Waals surface area (Å²) in [5.74, 6) is 0.0150. The van der Waals surface area contributed by atoms with Crippen molar-refractivity contribution in [1.82, 2.24) is 9.80 Å². The number of aliphatic carboxylic acids is 1. The topological polar surface area (TPSA) is 88.5 Å². The molecule has 1 atom stereocenters. The number of hydrogen-bond donors (Lipinski definition) is 1. The van der Waals surface area contributed by atoms with Gasteiger partial charge in [0.25, 0.3) is 5.91 Å². The van der Waals surface area contributed by atoms with Crippen LogP contribution in [-0.2, 0) is 15.6 Å². The summed E-state index contributed by atoms with van der Waals surface area (Å²) in [7, 11) is 4.55. The highest BCUT2D eigenvalue weighted by Gasteiger charge is 2.45. The number of carbonyl (C=O) groups is 2. The molecule has 2 aliphatic heterocycles. The van der Waals surface area contributed by atoms with Gasteiger partial charge < -0.3 is 29.1 Å². The molecule has 9 heteroatoms. The Morgan fingerprint density at radius 1 is 0.837 bits per heavy atom. The number of methoxy groups -OCH3 is 3. The van der Waals surface area contributed by atoms with Gasteiger partial charge in [0.05, 0.1) is 26.7 Å². The first-order chi connectivity index (χ1) is 20.7. The molecule has 228 valence electrons. The van der Waals surface area contributed by atoms with Gasteiger partial charge in [-0.3, -0.25) is 9.59 Å². The van der Waals surface area contributed by atoms with E-state index in [1.165, 1.54) is 33.5 Å². The lowest BCUT2D eigenvalue weighted by Crippen LogP contribution is -2.48. The lowest BCUT2D eigenvalue weighted by Gasteiger charge is -2.40. The Bertz CT molecular complexity index is 1410. The monoisotopic (exact) mass is 590 g/mol. The third-order valence-corrected chi connectivity index (χ3v) is 9.36. The molecule has 3 aromatic carbocycles. The molecule has 43 heavy (non-hydrogen) atoms. The van der Waals surface area contributed by atoms with Crippen LogP contribution < -0.4 is 14.2 Å². The normalized spacial score (nSPS) is 20.0. The van der Waals surface area contributed by atoms with Crippen molar-refractivity contribution in [3.8, 4) is 17.2 Å². The summed E-state index contributed by atoms with van der Waals surface area (Å²) < 4.78 is 30.3. The first-order valence-corrected chi connectivity index (χ1v) is 14.6. The van der Waals surface area contributed by atoms with Crippen LogP contribution in [0.1, 0.15) is 47.2 Å².